The van der Waals surface area contributed by atoms with E-state index in [1.54, 1.807) is 14.2 Å². The fourth-order valence-corrected chi connectivity index (χ4v) is 5.48. The third-order valence-corrected chi connectivity index (χ3v) is 7.12. The van der Waals surface area contributed by atoms with Crippen LogP contribution >= 0.6 is 11.3 Å². The van der Waals surface area contributed by atoms with Gasteiger partial charge in [-0.15, -0.1) is 11.3 Å². The molecule has 0 saturated carbocycles. The van der Waals surface area contributed by atoms with Gasteiger partial charge in [0, 0.05) is 50.8 Å². The molecule has 5 nitrogen and oxygen atoms in total. The number of aryl methyl sites for hydroxylation is 2. The number of benzene rings is 2. The molecule has 0 N–H and O–H groups in total. The van der Waals surface area contributed by atoms with Crippen molar-refractivity contribution in [1.29, 1.82) is 0 Å². The van der Waals surface area contributed by atoms with E-state index in [1.165, 1.54) is 11.3 Å². The number of thiazole rings is 1. The van der Waals surface area contributed by atoms with Gasteiger partial charge in [0.2, 0.25) is 0 Å². The molecule has 5 rings (SSSR count). The summed E-state index contributed by atoms with van der Waals surface area (Å²) in [5.41, 5.74) is 5.57. The van der Waals surface area contributed by atoms with Crippen LogP contribution in [0, 0.1) is 6.92 Å². The smallest absolute Gasteiger partial charge is 0.126 e. The highest BCUT2D eigenvalue weighted by molar-refractivity contribution is 7.13. The molecule has 34 heavy (non-hydrogen) atoms. The second-order valence-corrected chi connectivity index (χ2v) is 8.89. The molecule has 0 bridgehead atoms. The zero-order valence-electron chi connectivity index (χ0n) is 19.3. The number of ether oxygens (including phenoxy) is 2. The van der Waals surface area contributed by atoms with Crippen LogP contribution in [0.5, 0.6) is 11.5 Å². The Balaban J connectivity index is 1.67. The van der Waals surface area contributed by atoms with Crippen molar-refractivity contribution in [1.82, 2.24) is 14.1 Å². The maximum atomic E-state index is 13.3. The zero-order valence-corrected chi connectivity index (χ0v) is 20.1. The van der Waals surface area contributed by atoms with Crippen LogP contribution in [0.3, 0.4) is 0 Å². The van der Waals surface area contributed by atoms with Crippen molar-refractivity contribution in [2.24, 2.45) is 0 Å². The second kappa shape index (κ2) is 9.10. The van der Waals surface area contributed by atoms with Gasteiger partial charge in [-0.3, -0.25) is 0 Å². The molecule has 0 aliphatic heterocycles. The topological polar surface area (TPSA) is 41.2 Å². The molecule has 3 heterocycles. The van der Waals surface area contributed by atoms with Gasteiger partial charge in [-0.1, -0.05) is 0 Å². The van der Waals surface area contributed by atoms with Gasteiger partial charge >= 0.3 is 0 Å². The highest BCUT2D eigenvalue weighted by Crippen LogP contribution is 2.40. The number of alkyl halides is 2. The molecule has 3 aromatic heterocycles. The fourth-order valence-electron chi connectivity index (χ4n) is 4.64. The number of hydrogen-bond acceptors (Lipinski definition) is 4. The summed E-state index contributed by atoms with van der Waals surface area (Å²) in [5, 5.41) is 4.84. The molecule has 2 aromatic carbocycles. The lowest BCUT2D eigenvalue weighted by Crippen LogP contribution is -2.01. The summed E-state index contributed by atoms with van der Waals surface area (Å²) < 4.78 is 41.3. The fraction of sp³-hybridized carbons (Fsp3) is 0.269. The van der Waals surface area contributed by atoms with Gasteiger partial charge in [0.25, 0.3) is 0 Å². The van der Waals surface area contributed by atoms with E-state index in [4.69, 9.17) is 14.5 Å². The minimum absolute atomic E-state index is 0.261. The van der Waals surface area contributed by atoms with Crippen LogP contribution < -0.4 is 9.47 Å². The molecule has 0 aliphatic rings. The van der Waals surface area contributed by atoms with Crippen molar-refractivity contribution in [3.8, 4) is 33.3 Å². The number of methoxy groups -OCH3 is 2. The summed E-state index contributed by atoms with van der Waals surface area (Å²) >= 11 is 1.54. The molecule has 0 unspecified atom stereocenters. The maximum absolute atomic E-state index is 13.3. The van der Waals surface area contributed by atoms with Gasteiger partial charge in [-0.25, -0.2) is 13.8 Å². The summed E-state index contributed by atoms with van der Waals surface area (Å²) in [6.45, 7) is 1.63. The van der Waals surface area contributed by atoms with Crippen LogP contribution in [-0.2, 0) is 13.1 Å². The first-order valence-electron chi connectivity index (χ1n) is 11.0. The lowest BCUT2D eigenvalue weighted by molar-refractivity contribution is 0.414. The minimum atomic E-state index is -0.460. The van der Waals surface area contributed by atoms with E-state index in [1.807, 2.05) is 64.0 Å². The summed E-state index contributed by atoms with van der Waals surface area (Å²) in [6, 6.07) is 11.6. The number of fused-ring (bicyclic) bond motifs is 2. The first-order chi connectivity index (χ1) is 16.6. The average Bonchev–Trinajstić information content (AvgIpc) is 3.54. The molecular weight excluding hydrogens is 456 g/mol. The van der Waals surface area contributed by atoms with E-state index in [0.717, 1.165) is 60.8 Å². The minimum Gasteiger partial charge on any atom is -0.497 e. The largest absolute Gasteiger partial charge is 0.497 e. The van der Waals surface area contributed by atoms with Crippen LogP contribution in [0.25, 0.3) is 43.6 Å². The van der Waals surface area contributed by atoms with Gasteiger partial charge in [0.05, 0.1) is 38.5 Å². The van der Waals surface area contributed by atoms with Gasteiger partial charge in [0.15, 0.2) is 0 Å². The zero-order chi connectivity index (χ0) is 23.8. The van der Waals surface area contributed by atoms with Gasteiger partial charge < -0.3 is 18.6 Å². The first-order valence-corrected chi connectivity index (χ1v) is 11.9. The Morgan fingerprint density at radius 3 is 2.38 bits per heavy atom. The summed E-state index contributed by atoms with van der Waals surface area (Å²) in [6.07, 6.45) is 1.95. The van der Waals surface area contributed by atoms with Crippen molar-refractivity contribution in [2.45, 2.75) is 20.0 Å². The average molecular weight is 482 g/mol. The summed E-state index contributed by atoms with van der Waals surface area (Å²) in [4.78, 5) is 4.99. The van der Waals surface area contributed by atoms with Crippen LogP contribution in [-0.4, -0.2) is 41.7 Å². The maximum Gasteiger partial charge on any atom is 0.126 e. The van der Waals surface area contributed by atoms with E-state index in [2.05, 4.69) is 0 Å². The normalized spacial score (nSPS) is 11.6. The quantitative estimate of drug-likeness (QED) is 0.249. The Labute approximate surface area is 200 Å². The van der Waals surface area contributed by atoms with Crippen LogP contribution in [0.15, 0.2) is 48.0 Å². The predicted octanol–water partition coefficient (Wildman–Crippen LogP) is 6.65. The van der Waals surface area contributed by atoms with Crippen molar-refractivity contribution >= 4 is 33.1 Å². The Morgan fingerprint density at radius 2 is 1.65 bits per heavy atom. The lowest BCUT2D eigenvalue weighted by Gasteiger charge is -2.05. The number of halogens is 2. The third kappa shape index (κ3) is 3.62. The molecule has 8 heteroatoms. The molecule has 176 valence electrons. The Bertz CT molecular complexity index is 1480. The van der Waals surface area contributed by atoms with Crippen LogP contribution in [0.2, 0.25) is 0 Å². The molecule has 5 aromatic rings. The molecule has 0 radical (unpaired) electrons. The van der Waals surface area contributed by atoms with Crippen molar-refractivity contribution < 1.29 is 18.3 Å². The molecule has 0 atom stereocenters. The predicted molar refractivity (Wildman–Crippen MR) is 134 cm³/mol. The molecule has 0 amide bonds. The molecular formula is C26H25F2N3O2S. The Morgan fingerprint density at radius 1 is 0.912 bits per heavy atom. The number of hydrogen-bond donors (Lipinski definition) is 0. The standard InChI is InChI=1S/C26H25F2N3O2S/c1-16-25(20-12-17(32-2)5-7-23(20)31(16)11-9-28)22-15-34-26(29-22)21-14-30(10-8-27)24-13-18(33-3)4-6-19(21)24/h4-7,12-15H,8-11H2,1-3H3. The first kappa shape index (κ1) is 22.4. The van der Waals surface area contributed by atoms with E-state index in [0.29, 0.717) is 0 Å². The van der Waals surface area contributed by atoms with Gasteiger partial charge in [-0.2, -0.15) is 0 Å². The number of rotatable bonds is 8. The number of nitrogens with zero attached hydrogens (tertiary/aromatic N) is 3. The molecule has 0 saturated heterocycles. The van der Waals surface area contributed by atoms with Crippen LogP contribution in [0.4, 0.5) is 8.78 Å². The van der Waals surface area contributed by atoms with Crippen molar-refractivity contribution in [2.75, 3.05) is 27.6 Å². The number of aromatic nitrogens is 3. The Hall–Kier alpha value is -3.39. The van der Waals surface area contributed by atoms with E-state index >= 15 is 0 Å². The van der Waals surface area contributed by atoms with E-state index in [-0.39, 0.29) is 13.1 Å². The lowest BCUT2D eigenvalue weighted by atomic mass is 10.1. The summed E-state index contributed by atoms with van der Waals surface area (Å²) in [5.74, 6) is 1.46. The second-order valence-electron chi connectivity index (χ2n) is 8.03. The third-order valence-electron chi connectivity index (χ3n) is 6.24. The SMILES string of the molecule is COc1ccc2c(c1)c(-c1csc(-c3cn(CCF)c4cc(OC)ccc34)n1)c(C)n2CCF. The van der Waals surface area contributed by atoms with Gasteiger partial charge in [0.1, 0.15) is 29.9 Å². The Kier molecular flexibility index (Phi) is 6.00. The van der Waals surface area contributed by atoms with Crippen LogP contribution in [0.1, 0.15) is 5.69 Å². The van der Waals surface area contributed by atoms with Gasteiger partial charge in [-0.05, 0) is 37.3 Å². The van der Waals surface area contributed by atoms with E-state index in [9.17, 15) is 8.78 Å². The highest BCUT2D eigenvalue weighted by Gasteiger charge is 2.20. The van der Waals surface area contributed by atoms with E-state index < -0.39 is 13.3 Å². The summed E-state index contributed by atoms with van der Waals surface area (Å²) in [7, 11) is 3.25. The van der Waals surface area contributed by atoms with Crippen molar-refractivity contribution in [3.63, 3.8) is 0 Å². The van der Waals surface area contributed by atoms with Crippen molar-refractivity contribution in [3.05, 3.63) is 53.7 Å². The monoisotopic (exact) mass is 481 g/mol. The highest BCUT2D eigenvalue weighted by atomic mass is 32.1. The molecule has 0 spiro atoms. The molecule has 0 fully saturated rings. The molecule has 0 aliphatic carbocycles.